The average molecular weight is 211 g/mol. The zero-order valence-electron chi connectivity index (χ0n) is 8.17. The van der Waals surface area contributed by atoms with Crippen LogP contribution in [0.5, 0.6) is 0 Å². The maximum Gasteiger partial charge on any atom is 0.0592 e. The standard InChI is InChI=1S/C11H15ClN2/c12-11-5-10(7-14-8-11)4-9-2-1-3-13-6-9/h5,7-9,13H,1-4,6H2. The van der Waals surface area contributed by atoms with Crippen LogP contribution in [-0.4, -0.2) is 18.1 Å². The average Bonchev–Trinajstić information content (AvgIpc) is 2.19. The van der Waals surface area contributed by atoms with Gasteiger partial charge >= 0.3 is 0 Å². The van der Waals surface area contributed by atoms with Crippen molar-refractivity contribution >= 4 is 11.6 Å². The van der Waals surface area contributed by atoms with E-state index in [4.69, 9.17) is 11.6 Å². The van der Waals surface area contributed by atoms with Gasteiger partial charge in [0.2, 0.25) is 0 Å². The van der Waals surface area contributed by atoms with Crippen LogP contribution >= 0.6 is 11.6 Å². The molecule has 0 aliphatic carbocycles. The molecule has 0 radical (unpaired) electrons. The summed E-state index contributed by atoms with van der Waals surface area (Å²) < 4.78 is 0. The van der Waals surface area contributed by atoms with Crippen LogP contribution in [0.1, 0.15) is 18.4 Å². The topological polar surface area (TPSA) is 24.9 Å². The van der Waals surface area contributed by atoms with Gasteiger partial charge in [0.15, 0.2) is 0 Å². The van der Waals surface area contributed by atoms with Crippen molar-refractivity contribution in [2.75, 3.05) is 13.1 Å². The summed E-state index contributed by atoms with van der Waals surface area (Å²) in [5, 5.41) is 4.16. The van der Waals surface area contributed by atoms with Gasteiger partial charge in [0.25, 0.3) is 0 Å². The second-order valence-electron chi connectivity index (χ2n) is 3.93. The molecule has 2 nitrogen and oxygen atoms in total. The van der Waals surface area contributed by atoms with Crippen LogP contribution in [0.3, 0.4) is 0 Å². The van der Waals surface area contributed by atoms with Crippen molar-refractivity contribution in [3.63, 3.8) is 0 Å². The normalized spacial score (nSPS) is 22.2. The number of hydrogen-bond donors (Lipinski definition) is 1. The molecule has 1 aliphatic heterocycles. The summed E-state index contributed by atoms with van der Waals surface area (Å²) in [5.74, 6) is 0.754. The molecule has 2 heterocycles. The summed E-state index contributed by atoms with van der Waals surface area (Å²) >= 11 is 5.88. The molecule has 1 aliphatic rings. The molecule has 76 valence electrons. The summed E-state index contributed by atoms with van der Waals surface area (Å²) in [7, 11) is 0. The molecule has 0 bridgehead atoms. The van der Waals surface area contributed by atoms with Gasteiger partial charge in [-0.25, -0.2) is 0 Å². The van der Waals surface area contributed by atoms with Gasteiger partial charge in [0.1, 0.15) is 0 Å². The molecule has 1 N–H and O–H groups in total. The summed E-state index contributed by atoms with van der Waals surface area (Å²) in [6, 6.07) is 2.02. The van der Waals surface area contributed by atoms with Crippen molar-refractivity contribution < 1.29 is 0 Å². The van der Waals surface area contributed by atoms with Crippen molar-refractivity contribution in [3.05, 3.63) is 29.0 Å². The maximum atomic E-state index is 5.88. The number of piperidine rings is 1. The molecule has 0 amide bonds. The molecule has 0 spiro atoms. The second-order valence-corrected chi connectivity index (χ2v) is 4.36. The Morgan fingerprint density at radius 3 is 3.14 bits per heavy atom. The number of nitrogens with zero attached hydrogens (tertiary/aromatic N) is 1. The first-order chi connectivity index (χ1) is 6.84. The zero-order chi connectivity index (χ0) is 9.80. The summed E-state index contributed by atoms with van der Waals surface area (Å²) in [6.45, 7) is 2.30. The maximum absolute atomic E-state index is 5.88. The molecule has 1 unspecified atom stereocenters. The highest BCUT2D eigenvalue weighted by Gasteiger charge is 2.13. The van der Waals surface area contributed by atoms with Gasteiger partial charge in [0.05, 0.1) is 5.02 Å². The minimum atomic E-state index is 0.742. The number of halogens is 1. The number of nitrogens with one attached hydrogen (secondary N) is 1. The van der Waals surface area contributed by atoms with Gasteiger partial charge < -0.3 is 5.32 Å². The monoisotopic (exact) mass is 210 g/mol. The van der Waals surface area contributed by atoms with E-state index in [0.29, 0.717) is 0 Å². The van der Waals surface area contributed by atoms with Gasteiger partial charge in [0, 0.05) is 12.4 Å². The lowest BCUT2D eigenvalue weighted by atomic mass is 9.93. The first-order valence-corrected chi connectivity index (χ1v) is 5.52. The Morgan fingerprint density at radius 2 is 2.43 bits per heavy atom. The second kappa shape index (κ2) is 4.76. The van der Waals surface area contributed by atoms with Crippen molar-refractivity contribution in [1.29, 1.82) is 0 Å². The number of rotatable bonds is 2. The minimum absolute atomic E-state index is 0.742. The minimum Gasteiger partial charge on any atom is -0.316 e. The number of pyridine rings is 1. The highest BCUT2D eigenvalue weighted by atomic mass is 35.5. The van der Waals surface area contributed by atoms with E-state index >= 15 is 0 Å². The molecular weight excluding hydrogens is 196 g/mol. The van der Waals surface area contributed by atoms with Crippen LogP contribution < -0.4 is 5.32 Å². The van der Waals surface area contributed by atoms with Crippen molar-refractivity contribution in [2.45, 2.75) is 19.3 Å². The smallest absolute Gasteiger partial charge is 0.0592 e. The third kappa shape index (κ3) is 2.69. The van der Waals surface area contributed by atoms with Crippen molar-refractivity contribution in [3.8, 4) is 0 Å². The first kappa shape index (κ1) is 9.94. The zero-order valence-corrected chi connectivity index (χ0v) is 8.93. The molecule has 1 fully saturated rings. The Bertz CT molecular complexity index is 295. The number of hydrogen-bond acceptors (Lipinski definition) is 2. The Hall–Kier alpha value is -0.600. The van der Waals surface area contributed by atoms with Crippen LogP contribution in [0.25, 0.3) is 0 Å². The molecule has 1 atom stereocenters. The van der Waals surface area contributed by atoms with Crippen molar-refractivity contribution in [2.24, 2.45) is 5.92 Å². The van der Waals surface area contributed by atoms with E-state index in [9.17, 15) is 0 Å². The molecule has 1 aromatic heterocycles. The fraction of sp³-hybridized carbons (Fsp3) is 0.545. The lowest BCUT2D eigenvalue weighted by Gasteiger charge is -2.22. The lowest BCUT2D eigenvalue weighted by molar-refractivity contribution is 0.376. The first-order valence-electron chi connectivity index (χ1n) is 5.15. The van der Waals surface area contributed by atoms with Crippen LogP contribution in [0, 0.1) is 5.92 Å². The summed E-state index contributed by atoms with van der Waals surface area (Å²) in [5.41, 5.74) is 1.26. The predicted octanol–water partition coefficient (Wildman–Crippen LogP) is 2.28. The Kier molecular flexibility index (Phi) is 3.38. The SMILES string of the molecule is Clc1cncc(CC2CCCNC2)c1. The van der Waals surface area contributed by atoms with E-state index in [1.165, 1.54) is 24.9 Å². The van der Waals surface area contributed by atoms with Crippen LogP contribution in [0.15, 0.2) is 18.5 Å². The Labute approximate surface area is 89.7 Å². The molecule has 0 aromatic carbocycles. The van der Waals surface area contributed by atoms with Crippen LogP contribution in [0.4, 0.5) is 0 Å². The van der Waals surface area contributed by atoms with E-state index in [1.54, 1.807) is 6.20 Å². The molecule has 0 saturated carbocycles. The Balaban J connectivity index is 1.95. The van der Waals surface area contributed by atoms with Gasteiger partial charge in [-0.1, -0.05) is 11.6 Å². The van der Waals surface area contributed by atoms with E-state index in [2.05, 4.69) is 10.3 Å². The molecule has 2 rings (SSSR count). The van der Waals surface area contributed by atoms with E-state index in [1.807, 2.05) is 12.3 Å². The third-order valence-electron chi connectivity index (χ3n) is 2.68. The van der Waals surface area contributed by atoms with E-state index in [-0.39, 0.29) is 0 Å². The molecule has 14 heavy (non-hydrogen) atoms. The predicted molar refractivity (Wildman–Crippen MR) is 58.5 cm³/mol. The van der Waals surface area contributed by atoms with E-state index in [0.717, 1.165) is 23.9 Å². The third-order valence-corrected chi connectivity index (χ3v) is 2.89. The van der Waals surface area contributed by atoms with Gasteiger partial charge in [-0.2, -0.15) is 0 Å². The molecular formula is C11H15ClN2. The van der Waals surface area contributed by atoms with Crippen LogP contribution in [-0.2, 0) is 6.42 Å². The van der Waals surface area contributed by atoms with Gasteiger partial charge in [-0.15, -0.1) is 0 Å². The largest absolute Gasteiger partial charge is 0.316 e. The van der Waals surface area contributed by atoms with Crippen molar-refractivity contribution in [1.82, 2.24) is 10.3 Å². The van der Waals surface area contributed by atoms with Gasteiger partial charge in [-0.05, 0) is 49.9 Å². The highest BCUT2D eigenvalue weighted by Crippen LogP contribution is 2.17. The van der Waals surface area contributed by atoms with E-state index < -0.39 is 0 Å². The van der Waals surface area contributed by atoms with Crippen LogP contribution in [0.2, 0.25) is 5.02 Å². The Morgan fingerprint density at radius 1 is 1.50 bits per heavy atom. The quantitative estimate of drug-likeness (QED) is 0.810. The fourth-order valence-corrected chi connectivity index (χ4v) is 2.20. The highest BCUT2D eigenvalue weighted by molar-refractivity contribution is 6.30. The molecule has 1 saturated heterocycles. The van der Waals surface area contributed by atoms with Gasteiger partial charge in [-0.3, -0.25) is 4.98 Å². The number of aromatic nitrogens is 1. The molecule has 3 heteroatoms. The summed E-state index contributed by atoms with van der Waals surface area (Å²) in [6.07, 6.45) is 7.31. The lowest BCUT2D eigenvalue weighted by Crippen LogP contribution is -2.30. The summed E-state index contributed by atoms with van der Waals surface area (Å²) in [4.78, 5) is 4.10. The molecule has 1 aromatic rings. The fourth-order valence-electron chi connectivity index (χ4n) is 2.00.